The van der Waals surface area contributed by atoms with Crippen molar-refractivity contribution in [3.8, 4) is 23.0 Å². The molecule has 2 aromatic rings. The van der Waals surface area contributed by atoms with Crippen LogP contribution >= 0.6 is 11.6 Å². The highest BCUT2D eigenvalue weighted by Gasteiger charge is 2.29. The third-order valence-corrected chi connectivity index (χ3v) is 3.74. The molecule has 1 N–H and O–H groups in total. The number of alkyl halides is 3. The Hall–Kier alpha value is -2.81. The third kappa shape index (κ3) is 5.35. The van der Waals surface area contributed by atoms with E-state index in [-0.39, 0.29) is 33.5 Å². The highest BCUT2D eigenvalue weighted by molar-refractivity contribution is 6.31. The van der Waals surface area contributed by atoms with Crippen molar-refractivity contribution in [2.75, 3.05) is 33.3 Å². The topological polar surface area (TPSA) is 66.0 Å². The lowest BCUT2D eigenvalue weighted by atomic mass is 10.1. The Labute approximate surface area is 164 Å². The number of anilines is 1. The first kappa shape index (κ1) is 21.5. The molecule has 0 aliphatic rings. The number of methoxy groups -OCH3 is 3. The fourth-order valence-electron chi connectivity index (χ4n) is 2.29. The number of carbonyl (C=O) groups is 1. The number of benzene rings is 2. The van der Waals surface area contributed by atoms with Gasteiger partial charge in [0.25, 0.3) is 5.91 Å². The van der Waals surface area contributed by atoms with Gasteiger partial charge in [-0.1, -0.05) is 11.6 Å². The van der Waals surface area contributed by atoms with E-state index in [4.69, 9.17) is 30.5 Å². The molecule has 0 bridgehead atoms. The van der Waals surface area contributed by atoms with Gasteiger partial charge in [-0.05, 0) is 30.3 Å². The molecule has 0 fully saturated rings. The predicted molar refractivity (Wildman–Crippen MR) is 97.1 cm³/mol. The number of carbonyl (C=O) groups excluding carboxylic acids is 1. The van der Waals surface area contributed by atoms with Gasteiger partial charge in [0.05, 0.1) is 27.0 Å². The Morgan fingerprint density at radius 1 is 1.00 bits per heavy atom. The van der Waals surface area contributed by atoms with Gasteiger partial charge in [-0.3, -0.25) is 4.79 Å². The third-order valence-electron chi connectivity index (χ3n) is 3.51. The molecule has 0 spiro atoms. The first-order chi connectivity index (χ1) is 13.2. The van der Waals surface area contributed by atoms with E-state index in [0.29, 0.717) is 5.75 Å². The molecule has 10 heteroatoms. The van der Waals surface area contributed by atoms with E-state index in [1.165, 1.54) is 51.7 Å². The maximum Gasteiger partial charge on any atom is 0.422 e. The van der Waals surface area contributed by atoms with Crippen molar-refractivity contribution in [1.82, 2.24) is 0 Å². The number of amides is 1. The summed E-state index contributed by atoms with van der Waals surface area (Å²) in [5.41, 5.74) is 0.103. The van der Waals surface area contributed by atoms with Gasteiger partial charge in [-0.25, -0.2) is 0 Å². The molecule has 0 aromatic heterocycles. The number of nitrogens with one attached hydrogen (secondary N) is 1. The molecule has 2 rings (SSSR count). The number of halogens is 4. The molecule has 0 aliphatic heterocycles. The van der Waals surface area contributed by atoms with Crippen molar-refractivity contribution in [3.05, 3.63) is 40.9 Å². The Balaban J connectivity index is 2.33. The van der Waals surface area contributed by atoms with Gasteiger partial charge in [0, 0.05) is 10.6 Å². The van der Waals surface area contributed by atoms with Gasteiger partial charge in [0.1, 0.15) is 5.75 Å². The van der Waals surface area contributed by atoms with Crippen molar-refractivity contribution in [2.45, 2.75) is 6.18 Å². The number of hydrogen-bond acceptors (Lipinski definition) is 5. The van der Waals surface area contributed by atoms with E-state index in [1.807, 2.05) is 0 Å². The van der Waals surface area contributed by atoms with E-state index in [9.17, 15) is 18.0 Å². The molecule has 0 aliphatic carbocycles. The minimum atomic E-state index is -4.53. The summed E-state index contributed by atoms with van der Waals surface area (Å²) < 4.78 is 57.6. The summed E-state index contributed by atoms with van der Waals surface area (Å²) in [5, 5.41) is 2.68. The van der Waals surface area contributed by atoms with Crippen molar-refractivity contribution in [3.63, 3.8) is 0 Å². The molecular weight excluding hydrogens is 403 g/mol. The van der Waals surface area contributed by atoms with Gasteiger partial charge in [0.2, 0.25) is 5.75 Å². The Morgan fingerprint density at radius 3 is 2.11 bits per heavy atom. The normalized spacial score (nSPS) is 11.0. The van der Waals surface area contributed by atoms with Gasteiger partial charge >= 0.3 is 6.18 Å². The minimum Gasteiger partial charge on any atom is -0.493 e. The van der Waals surface area contributed by atoms with Crippen molar-refractivity contribution >= 4 is 23.2 Å². The van der Waals surface area contributed by atoms with E-state index in [0.717, 1.165) is 0 Å². The quantitative estimate of drug-likeness (QED) is 0.712. The van der Waals surface area contributed by atoms with Crippen LogP contribution in [0, 0.1) is 0 Å². The molecule has 0 atom stereocenters. The minimum absolute atomic E-state index is 0.0181. The Kier molecular flexibility index (Phi) is 6.85. The summed E-state index contributed by atoms with van der Waals surface area (Å²) in [6.07, 6.45) is -4.53. The first-order valence-electron chi connectivity index (χ1n) is 7.79. The SMILES string of the molecule is COc1cc(C(=O)Nc2cc(Cl)ccc2OCC(F)(F)F)cc(OC)c1OC. The molecule has 0 saturated heterocycles. The second-order valence-electron chi connectivity index (χ2n) is 5.41. The van der Waals surface area contributed by atoms with Crippen LogP contribution in [0.5, 0.6) is 23.0 Å². The van der Waals surface area contributed by atoms with Crippen LogP contribution in [0.2, 0.25) is 5.02 Å². The fraction of sp³-hybridized carbons (Fsp3) is 0.278. The van der Waals surface area contributed by atoms with Crippen molar-refractivity contribution < 1.29 is 36.9 Å². The van der Waals surface area contributed by atoms with Crippen LogP contribution in [0.15, 0.2) is 30.3 Å². The summed E-state index contributed by atoms with van der Waals surface area (Å²) in [6.45, 7) is -1.51. The van der Waals surface area contributed by atoms with E-state index < -0.39 is 18.7 Å². The summed E-state index contributed by atoms with van der Waals surface area (Å²) in [4.78, 5) is 12.6. The molecule has 1 amide bonds. The monoisotopic (exact) mass is 419 g/mol. The average molecular weight is 420 g/mol. The number of hydrogen-bond donors (Lipinski definition) is 1. The maximum atomic E-state index is 12.6. The predicted octanol–water partition coefficient (Wildman–Crippen LogP) is 4.56. The van der Waals surface area contributed by atoms with E-state index in [1.54, 1.807) is 0 Å². The van der Waals surface area contributed by atoms with Gasteiger partial charge in [0.15, 0.2) is 18.1 Å². The Bertz CT molecular complexity index is 833. The zero-order valence-corrected chi connectivity index (χ0v) is 15.9. The van der Waals surface area contributed by atoms with E-state index >= 15 is 0 Å². The van der Waals surface area contributed by atoms with E-state index in [2.05, 4.69) is 5.32 Å². The molecule has 0 unspecified atom stereocenters. The second-order valence-corrected chi connectivity index (χ2v) is 5.85. The highest BCUT2D eigenvalue weighted by Crippen LogP contribution is 2.38. The van der Waals surface area contributed by atoms with Crippen LogP contribution in [-0.2, 0) is 0 Å². The smallest absolute Gasteiger partial charge is 0.422 e. The maximum absolute atomic E-state index is 12.6. The van der Waals surface area contributed by atoms with Crippen LogP contribution in [0.4, 0.5) is 18.9 Å². The standard InChI is InChI=1S/C18H17ClF3NO5/c1-25-14-6-10(7-15(26-2)16(14)27-3)17(24)23-12-8-11(19)4-5-13(12)28-9-18(20,21)22/h4-8H,9H2,1-3H3,(H,23,24). The molecule has 0 heterocycles. The van der Waals surface area contributed by atoms with Crippen LogP contribution in [0.3, 0.4) is 0 Å². The molecule has 152 valence electrons. The first-order valence-corrected chi connectivity index (χ1v) is 8.16. The molecule has 6 nitrogen and oxygen atoms in total. The number of rotatable bonds is 7. The lowest BCUT2D eigenvalue weighted by molar-refractivity contribution is -0.153. The van der Waals surface area contributed by atoms with Crippen molar-refractivity contribution in [1.29, 1.82) is 0 Å². The van der Waals surface area contributed by atoms with Gasteiger partial charge < -0.3 is 24.3 Å². The lowest BCUT2D eigenvalue weighted by Gasteiger charge is -2.16. The largest absolute Gasteiger partial charge is 0.493 e. The van der Waals surface area contributed by atoms with Gasteiger partial charge in [-0.2, -0.15) is 13.2 Å². The highest BCUT2D eigenvalue weighted by atomic mass is 35.5. The molecule has 0 radical (unpaired) electrons. The lowest BCUT2D eigenvalue weighted by Crippen LogP contribution is -2.20. The molecular formula is C18H17ClF3NO5. The fourth-order valence-corrected chi connectivity index (χ4v) is 2.46. The van der Waals surface area contributed by atoms with Crippen LogP contribution in [-0.4, -0.2) is 40.0 Å². The summed E-state index contributed by atoms with van der Waals surface area (Å²) in [7, 11) is 4.19. The van der Waals surface area contributed by atoms with Gasteiger partial charge in [-0.15, -0.1) is 0 Å². The number of ether oxygens (including phenoxy) is 4. The van der Waals surface area contributed by atoms with Crippen LogP contribution in [0.1, 0.15) is 10.4 Å². The Morgan fingerprint density at radius 2 is 1.61 bits per heavy atom. The average Bonchev–Trinajstić information content (AvgIpc) is 2.65. The molecule has 2 aromatic carbocycles. The van der Waals surface area contributed by atoms with Crippen LogP contribution in [0.25, 0.3) is 0 Å². The second kappa shape index (κ2) is 8.92. The molecule has 0 saturated carbocycles. The van der Waals surface area contributed by atoms with Crippen LogP contribution < -0.4 is 24.3 Å². The zero-order valence-electron chi connectivity index (χ0n) is 15.1. The van der Waals surface area contributed by atoms with Crippen molar-refractivity contribution in [2.24, 2.45) is 0 Å². The summed E-state index contributed by atoms with van der Waals surface area (Å²) in [6, 6.07) is 6.67. The summed E-state index contributed by atoms with van der Waals surface area (Å²) >= 11 is 5.89. The zero-order chi connectivity index (χ0) is 20.9. The summed E-state index contributed by atoms with van der Waals surface area (Å²) in [5.74, 6) is -0.0438. The molecule has 28 heavy (non-hydrogen) atoms.